The van der Waals surface area contributed by atoms with Crippen molar-refractivity contribution in [3.05, 3.63) is 52.5 Å². The number of oxazole rings is 1. The van der Waals surface area contributed by atoms with Gasteiger partial charge in [0.2, 0.25) is 0 Å². The Morgan fingerprint density at radius 2 is 1.86 bits per heavy atom. The minimum atomic E-state index is -3.07. The molecule has 0 N–H and O–H groups in total. The summed E-state index contributed by atoms with van der Waals surface area (Å²) >= 11 is 0. The van der Waals surface area contributed by atoms with Crippen LogP contribution in [0.3, 0.4) is 0 Å². The number of benzene rings is 2. The lowest BCUT2D eigenvalue weighted by Gasteiger charge is -2.19. The van der Waals surface area contributed by atoms with Crippen molar-refractivity contribution in [1.82, 2.24) is 4.57 Å². The lowest BCUT2D eigenvalue weighted by atomic mass is 9.78. The number of rotatable bonds is 7. The number of aromatic nitrogens is 1. The van der Waals surface area contributed by atoms with E-state index >= 15 is 0 Å². The Morgan fingerprint density at radius 1 is 1.14 bits per heavy atom. The van der Waals surface area contributed by atoms with E-state index in [0.717, 1.165) is 17.1 Å². The number of halogens is 3. The fourth-order valence-electron chi connectivity index (χ4n) is 3.13. The van der Waals surface area contributed by atoms with Crippen LogP contribution in [0.2, 0.25) is 0 Å². The highest BCUT2D eigenvalue weighted by molar-refractivity contribution is 6.37. The molecule has 0 radical (unpaired) electrons. The molecule has 0 fully saturated rings. The first-order chi connectivity index (χ1) is 13.5. The third kappa shape index (κ3) is 5.06. The van der Waals surface area contributed by atoms with E-state index in [-0.39, 0.29) is 17.7 Å². The highest BCUT2D eigenvalue weighted by Crippen LogP contribution is 2.31. The maximum Gasteiger partial charge on any atom is 0.420 e. The van der Waals surface area contributed by atoms with Crippen LogP contribution in [-0.2, 0) is 17.9 Å². The SMILES string of the molecule is BC(B)(F)Oc1ccc(-c2ccc3oc(=O)n(CC(C)(F)F)c3c2)c(COC)c1. The molecule has 2 aromatic carbocycles. The van der Waals surface area contributed by atoms with Gasteiger partial charge in [-0.2, -0.15) is 0 Å². The summed E-state index contributed by atoms with van der Waals surface area (Å²) < 4.78 is 57.3. The van der Waals surface area contributed by atoms with Crippen molar-refractivity contribution in [3.8, 4) is 16.9 Å². The van der Waals surface area contributed by atoms with E-state index in [2.05, 4.69) is 0 Å². The van der Waals surface area contributed by atoms with E-state index in [0.29, 0.717) is 16.9 Å². The summed E-state index contributed by atoms with van der Waals surface area (Å²) in [6.45, 7) is 0.179. The lowest BCUT2D eigenvalue weighted by molar-refractivity contribution is 0.00320. The van der Waals surface area contributed by atoms with Crippen LogP contribution >= 0.6 is 0 Å². The topological polar surface area (TPSA) is 53.6 Å². The van der Waals surface area contributed by atoms with Crippen molar-refractivity contribution in [2.75, 3.05) is 7.11 Å². The van der Waals surface area contributed by atoms with Gasteiger partial charge in [-0.1, -0.05) is 12.1 Å². The minimum Gasteiger partial charge on any atom is -0.475 e. The average Bonchev–Trinajstić information content (AvgIpc) is 2.87. The number of fused-ring (bicyclic) bond motifs is 1. The smallest absolute Gasteiger partial charge is 0.420 e. The molecule has 0 amide bonds. The summed E-state index contributed by atoms with van der Waals surface area (Å²) in [5.41, 5.74) is 0.763. The van der Waals surface area contributed by atoms with E-state index < -0.39 is 23.9 Å². The summed E-state index contributed by atoms with van der Waals surface area (Å²) in [5.74, 6) is -3.58. The summed E-state index contributed by atoms with van der Waals surface area (Å²) in [4.78, 5) is 12.0. The van der Waals surface area contributed by atoms with Crippen LogP contribution in [0.15, 0.2) is 45.6 Å². The molecule has 0 atom stereocenters. The molecule has 152 valence electrons. The number of hydrogen-bond acceptors (Lipinski definition) is 4. The van der Waals surface area contributed by atoms with Crippen LogP contribution in [0, 0.1) is 0 Å². The third-order valence-electron chi connectivity index (χ3n) is 4.15. The Kier molecular flexibility index (Phi) is 5.58. The van der Waals surface area contributed by atoms with Crippen LogP contribution < -0.4 is 10.5 Å². The number of alkyl halides is 3. The van der Waals surface area contributed by atoms with Crippen LogP contribution in [-0.4, -0.2) is 38.9 Å². The van der Waals surface area contributed by atoms with Crippen molar-refractivity contribution >= 4 is 26.8 Å². The van der Waals surface area contributed by atoms with Crippen molar-refractivity contribution in [2.45, 2.75) is 31.7 Å². The summed E-state index contributed by atoms with van der Waals surface area (Å²) in [5, 5.41) is 0. The molecular weight excluding hydrogens is 385 g/mol. The molecule has 0 bridgehead atoms. The largest absolute Gasteiger partial charge is 0.475 e. The van der Waals surface area contributed by atoms with Crippen molar-refractivity contribution < 1.29 is 27.1 Å². The molecule has 0 aliphatic heterocycles. The van der Waals surface area contributed by atoms with Gasteiger partial charge in [0, 0.05) is 14.0 Å². The molecule has 0 spiro atoms. The Labute approximate surface area is 167 Å². The molecule has 3 aromatic rings. The van der Waals surface area contributed by atoms with Crippen LogP contribution in [0.25, 0.3) is 22.2 Å². The Bertz CT molecular complexity index is 1080. The first kappa shape index (κ1) is 21.1. The molecule has 29 heavy (non-hydrogen) atoms. The zero-order chi connectivity index (χ0) is 21.4. The number of hydrogen-bond donors (Lipinski definition) is 0. The summed E-state index contributed by atoms with van der Waals surface area (Å²) in [6.07, 6.45) is 0. The molecule has 1 heterocycles. The third-order valence-corrected chi connectivity index (χ3v) is 4.15. The number of methoxy groups -OCH3 is 1. The van der Waals surface area contributed by atoms with E-state index in [1.54, 1.807) is 36.4 Å². The molecule has 10 heteroatoms. The van der Waals surface area contributed by atoms with Gasteiger partial charge in [0.15, 0.2) is 26.9 Å². The van der Waals surface area contributed by atoms with Crippen molar-refractivity contribution in [3.63, 3.8) is 0 Å². The standard InChI is InChI=1S/C19H20B2F3NO4/c1-18(22,23)10-25-15-8-11(3-6-16(15)28-17(25)26)14-5-4-13(29-19(20,21)24)7-12(14)9-27-2/h3-8H,9-10,20-21H2,1-2H3. The Hall–Kier alpha value is -2.61. The summed E-state index contributed by atoms with van der Waals surface area (Å²) in [7, 11) is 4.12. The molecule has 0 saturated carbocycles. The zero-order valence-electron chi connectivity index (χ0n) is 16.6. The van der Waals surface area contributed by atoms with Crippen LogP contribution in [0.5, 0.6) is 5.75 Å². The predicted molar refractivity (Wildman–Crippen MR) is 109 cm³/mol. The van der Waals surface area contributed by atoms with E-state index in [1.807, 2.05) is 0 Å². The number of nitrogens with zero attached hydrogens (tertiary/aromatic N) is 1. The van der Waals surface area contributed by atoms with E-state index in [4.69, 9.17) is 13.9 Å². The van der Waals surface area contributed by atoms with Gasteiger partial charge in [-0.15, -0.1) is 0 Å². The molecule has 5 nitrogen and oxygen atoms in total. The zero-order valence-corrected chi connectivity index (χ0v) is 16.6. The first-order valence-corrected chi connectivity index (χ1v) is 8.98. The average molecular weight is 405 g/mol. The van der Waals surface area contributed by atoms with Gasteiger partial charge in [-0.25, -0.2) is 18.0 Å². The molecule has 0 saturated heterocycles. The fraction of sp³-hybridized carbons (Fsp3) is 0.316. The van der Waals surface area contributed by atoms with Gasteiger partial charge < -0.3 is 13.9 Å². The molecule has 0 unspecified atom stereocenters. The molecule has 0 aliphatic carbocycles. The summed E-state index contributed by atoms with van der Waals surface area (Å²) in [6, 6.07) is 9.89. The van der Waals surface area contributed by atoms with Crippen molar-refractivity contribution in [2.24, 2.45) is 0 Å². The predicted octanol–water partition coefficient (Wildman–Crippen LogP) is 2.29. The lowest BCUT2D eigenvalue weighted by Crippen LogP contribution is -2.31. The minimum absolute atomic E-state index is 0.218. The fourth-order valence-corrected chi connectivity index (χ4v) is 3.13. The second kappa shape index (κ2) is 7.66. The van der Waals surface area contributed by atoms with E-state index in [1.165, 1.54) is 22.8 Å². The Balaban J connectivity index is 2.09. The normalized spacial score (nSPS) is 12.4. The maximum absolute atomic E-state index is 13.8. The second-order valence-corrected chi connectivity index (χ2v) is 7.42. The number of ether oxygens (including phenoxy) is 2. The molecular formula is C19H20B2F3NO4. The van der Waals surface area contributed by atoms with E-state index in [9.17, 15) is 18.0 Å². The highest BCUT2D eigenvalue weighted by Gasteiger charge is 2.25. The second-order valence-electron chi connectivity index (χ2n) is 7.42. The quantitative estimate of drug-likeness (QED) is 0.567. The molecule has 1 aromatic heterocycles. The molecule has 0 aliphatic rings. The maximum atomic E-state index is 13.8. The highest BCUT2D eigenvalue weighted by atomic mass is 19.3. The molecule has 3 rings (SSSR count). The van der Waals surface area contributed by atoms with Gasteiger partial charge >= 0.3 is 5.76 Å². The monoisotopic (exact) mass is 405 g/mol. The van der Waals surface area contributed by atoms with Gasteiger partial charge in [0.25, 0.3) is 5.92 Å². The van der Waals surface area contributed by atoms with Gasteiger partial charge in [0.05, 0.1) is 18.7 Å². The Morgan fingerprint density at radius 3 is 2.48 bits per heavy atom. The van der Waals surface area contributed by atoms with Gasteiger partial charge in [-0.3, -0.25) is 4.57 Å². The van der Waals surface area contributed by atoms with Crippen molar-refractivity contribution in [1.29, 1.82) is 0 Å². The first-order valence-electron chi connectivity index (χ1n) is 8.98. The van der Waals surface area contributed by atoms with Crippen LogP contribution in [0.1, 0.15) is 12.5 Å². The van der Waals surface area contributed by atoms with Gasteiger partial charge in [-0.05, 0) is 41.0 Å². The van der Waals surface area contributed by atoms with Gasteiger partial charge in [0.1, 0.15) is 5.75 Å². The van der Waals surface area contributed by atoms with Crippen LogP contribution in [0.4, 0.5) is 13.2 Å².